The number of nitrogens with one attached hydrogen (secondary N) is 2. The number of carboxylic acids is 1. The maximum Gasteiger partial charge on any atom is 0.353 e. The van der Waals surface area contributed by atoms with Crippen molar-refractivity contribution in [3.8, 4) is 0 Å². The van der Waals surface area contributed by atoms with E-state index in [9.17, 15) is 29.7 Å². The summed E-state index contributed by atoms with van der Waals surface area (Å²) in [6.45, 7) is 5.09. The first-order chi connectivity index (χ1) is 17.0. The molecular weight excluding hydrogens is 490 g/mol. The van der Waals surface area contributed by atoms with Crippen molar-refractivity contribution in [2.24, 2.45) is 28.4 Å². The molecule has 1 unspecified atom stereocenters. The van der Waals surface area contributed by atoms with Crippen LogP contribution in [0.3, 0.4) is 0 Å². The lowest BCUT2D eigenvalue weighted by Gasteiger charge is -2.46. The van der Waals surface area contributed by atoms with Crippen molar-refractivity contribution in [1.82, 2.24) is 20.5 Å². The molecule has 4 aliphatic rings. The van der Waals surface area contributed by atoms with Gasteiger partial charge in [0.15, 0.2) is 0 Å². The Morgan fingerprint density at radius 1 is 1.33 bits per heavy atom. The molecule has 0 bridgehead atoms. The number of hydrazone groups is 1. The van der Waals surface area contributed by atoms with E-state index >= 15 is 0 Å². The number of hydrogen-bond acceptors (Lipinski definition) is 9. The topological polar surface area (TPSA) is 207 Å². The van der Waals surface area contributed by atoms with Crippen LogP contribution < -0.4 is 22.1 Å². The van der Waals surface area contributed by atoms with Crippen molar-refractivity contribution in [3.05, 3.63) is 10.6 Å². The van der Waals surface area contributed by atoms with Crippen LogP contribution in [0.5, 0.6) is 0 Å². The number of β-lactam (4-membered cyclic amide) rings is 1. The van der Waals surface area contributed by atoms with Crippen molar-refractivity contribution in [2.45, 2.75) is 68.7 Å². The Hall–Kier alpha value is -2.55. The minimum Gasteiger partial charge on any atom is -0.477 e. The first-order valence-electron chi connectivity index (χ1n) is 12.2. The predicted octanol–water partition coefficient (Wildman–Crippen LogP) is -2.27. The molecule has 14 heteroatoms. The number of carbonyl (C=O) groups excluding carboxylic acids is 2. The lowest BCUT2D eigenvalue weighted by molar-refractivity contribution is -0.163. The van der Waals surface area contributed by atoms with E-state index in [2.05, 4.69) is 15.7 Å². The van der Waals surface area contributed by atoms with E-state index in [0.29, 0.717) is 37.4 Å². The number of hydrogen-bond donors (Lipinski definition) is 7. The molecule has 0 aliphatic carbocycles. The number of aliphatic hydroxyl groups excluding tert-OH is 2. The molecule has 2 amide bonds. The molecule has 8 atom stereocenters. The minimum absolute atomic E-state index is 0.00545. The second-order valence-corrected chi connectivity index (χ2v) is 11.4. The highest BCUT2D eigenvalue weighted by Crippen LogP contribution is 2.51. The molecule has 0 saturated carbocycles. The molecular formula is C22H35N7O6S. The van der Waals surface area contributed by atoms with E-state index in [1.807, 2.05) is 6.92 Å². The number of fused-ring (bicyclic) bond motifs is 1. The van der Waals surface area contributed by atoms with Gasteiger partial charge >= 0.3 is 5.97 Å². The van der Waals surface area contributed by atoms with Gasteiger partial charge in [-0.05, 0) is 19.8 Å². The average molecular weight is 526 g/mol. The lowest BCUT2D eigenvalue weighted by atomic mass is 9.79. The fraction of sp³-hybridized carbons (Fsp3) is 0.727. The third kappa shape index (κ3) is 5.12. The van der Waals surface area contributed by atoms with E-state index in [0.717, 1.165) is 0 Å². The average Bonchev–Trinajstić information content (AvgIpc) is 3.46. The molecule has 3 fully saturated rings. The highest BCUT2D eigenvalue weighted by molar-refractivity contribution is 8.03. The van der Waals surface area contributed by atoms with Gasteiger partial charge in [0, 0.05) is 41.2 Å². The summed E-state index contributed by atoms with van der Waals surface area (Å²) < 4.78 is 0. The van der Waals surface area contributed by atoms with Crippen molar-refractivity contribution in [2.75, 3.05) is 19.6 Å². The van der Waals surface area contributed by atoms with Crippen LogP contribution in [0.2, 0.25) is 0 Å². The Labute approximate surface area is 213 Å². The van der Waals surface area contributed by atoms with Gasteiger partial charge < -0.3 is 42.3 Å². The summed E-state index contributed by atoms with van der Waals surface area (Å²) in [7, 11) is 0. The molecule has 4 rings (SSSR count). The maximum atomic E-state index is 12.5. The van der Waals surface area contributed by atoms with Crippen molar-refractivity contribution < 1.29 is 29.7 Å². The largest absolute Gasteiger partial charge is 0.477 e. The third-order valence-electron chi connectivity index (χ3n) is 7.38. The zero-order chi connectivity index (χ0) is 26.3. The number of carbonyl (C=O) groups is 3. The van der Waals surface area contributed by atoms with E-state index in [-0.39, 0.29) is 59.2 Å². The van der Waals surface area contributed by atoms with Gasteiger partial charge in [-0.15, -0.1) is 16.9 Å². The normalized spacial score (nSPS) is 33.3. The molecule has 4 aliphatic heterocycles. The van der Waals surface area contributed by atoms with Crippen LogP contribution in [0.1, 0.15) is 33.1 Å². The number of nitrogens with two attached hydrogens (primary N) is 2. The van der Waals surface area contributed by atoms with Crippen LogP contribution in [0.15, 0.2) is 15.7 Å². The number of aliphatic hydroxyl groups is 2. The summed E-state index contributed by atoms with van der Waals surface area (Å²) in [6, 6.07) is -0.773. The van der Waals surface area contributed by atoms with Crippen LogP contribution in [-0.4, -0.2) is 104 Å². The van der Waals surface area contributed by atoms with Gasteiger partial charge in [0.05, 0.1) is 37.1 Å². The molecule has 3 saturated heterocycles. The fourth-order valence-electron chi connectivity index (χ4n) is 5.71. The highest BCUT2D eigenvalue weighted by atomic mass is 32.2. The molecule has 36 heavy (non-hydrogen) atoms. The van der Waals surface area contributed by atoms with E-state index in [1.54, 1.807) is 11.9 Å². The quantitative estimate of drug-likeness (QED) is 0.0970. The summed E-state index contributed by atoms with van der Waals surface area (Å²) in [5.41, 5.74) is 10.8. The highest BCUT2D eigenvalue weighted by Gasteiger charge is 2.60. The second kappa shape index (κ2) is 10.4. The van der Waals surface area contributed by atoms with Crippen molar-refractivity contribution in [1.29, 1.82) is 0 Å². The Morgan fingerprint density at radius 2 is 2.06 bits per heavy atom. The van der Waals surface area contributed by atoms with Crippen LogP contribution in [-0.2, 0) is 14.4 Å². The van der Waals surface area contributed by atoms with Gasteiger partial charge in [-0.25, -0.2) is 4.79 Å². The zero-order valence-corrected chi connectivity index (χ0v) is 21.1. The molecule has 13 nitrogen and oxygen atoms in total. The number of guanidine groups is 1. The van der Waals surface area contributed by atoms with Gasteiger partial charge in [-0.3, -0.25) is 14.6 Å². The Balaban J connectivity index is 1.30. The molecule has 0 aromatic rings. The zero-order valence-electron chi connectivity index (χ0n) is 20.3. The Kier molecular flexibility index (Phi) is 7.69. The first kappa shape index (κ1) is 26.5. The maximum absolute atomic E-state index is 12.5. The van der Waals surface area contributed by atoms with Crippen molar-refractivity contribution >= 4 is 35.5 Å². The summed E-state index contributed by atoms with van der Waals surface area (Å²) in [5.74, 6) is -2.62. The monoisotopic (exact) mass is 525 g/mol. The van der Waals surface area contributed by atoms with Crippen LogP contribution in [0, 0.1) is 11.8 Å². The number of amides is 2. The third-order valence-corrected chi connectivity index (χ3v) is 8.89. The lowest BCUT2D eigenvalue weighted by Crippen LogP contribution is -2.63. The standard InChI is InChI=1S/C22H35N7O6S/c1-9-17-16(10(2)30)20(33)29(17)18(21(34)35)19(9)36-12-5-13(25-7-12)14(31)6-15(32)26-11-3-4-28(8-11)27-22(23)24/h9-14,16-17,25,30-31H,3-8H2,1-2H3,(H,26,32)(H,34,35)(H4,23,24,27)/t9-,10-,11+,12+,13+,14?,16-,17-/m1/s1. The van der Waals surface area contributed by atoms with Gasteiger partial charge in [0.25, 0.3) is 0 Å². The summed E-state index contributed by atoms with van der Waals surface area (Å²) in [4.78, 5) is 38.9. The van der Waals surface area contributed by atoms with Crippen LogP contribution in [0.4, 0.5) is 0 Å². The molecule has 0 spiro atoms. The van der Waals surface area contributed by atoms with Crippen LogP contribution >= 0.6 is 11.8 Å². The molecule has 0 aromatic carbocycles. The molecule has 0 radical (unpaired) electrons. The molecule has 9 N–H and O–H groups in total. The van der Waals surface area contributed by atoms with Crippen molar-refractivity contribution in [3.63, 3.8) is 0 Å². The predicted molar refractivity (Wildman–Crippen MR) is 132 cm³/mol. The van der Waals surface area contributed by atoms with Gasteiger partial charge in [0.1, 0.15) is 5.70 Å². The number of aliphatic carboxylic acids is 1. The molecule has 200 valence electrons. The number of rotatable bonds is 9. The van der Waals surface area contributed by atoms with E-state index < -0.39 is 24.1 Å². The molecule has 4 heterocycles. The Bertz CT molecular complexity index is 971. The Morgan fingerprint density at radius 3 is 2.69 bits per heavy atom. The van der Waals surface area contributed by atoms with Gasteiger partial charge in [-0.2, -0.15) is 0 Å². The second-order valence-electron chi connectivity index (χ2n) is 10.0. The molecule has 0 aromatic heterocycles. The number of thioether (sulfide) groups is 1. The van der Waals surface area contributed by atoms with E-state index in [4.69, 9.17) is 11.5 Å². The smallest absolute Gasteiger partial charge is 0.353 e. The number of nitrogens with zero attached hydrogens (tertiary/aromatic N) is 3. The summed E-state index contributed by atoms with van der Waals surface area (Å²) in [6.07, 6.45) is -0.566. The fourth-order valence-corrected chi connectivity index (χ4v) is 7.20. The summed E-state index contributed by atoms with van der Waals surface area (Å²) >= 11 is 1.40. The number of carboxylic acid groups (broad SMARTS) is 1. The van der Waals surface area contributed by atoms with Crippen LogP contribution in [0.25, 0.3) is 0 Å². The van der Waals surface area contributed by atoms with E-state index in [1.165, 1.54) is 16.7 Å². The first-order valence-corrected chi connectivity index (χ1v) is 13.1. The van der Waals surface area contributed by atoms with Gasteiger partial charge in [0.2, 0.25) is 17.8 Å². The van der Waals surface area contributed by atoms with Gasteiger partial charge in [-0.1, -0.05) is 6.92 Å². The minimum atomic E-state index is -1.16. The SMILES string of the molecule is C[C@@H](O)[C@H]1C(=O)N2C(C(=O)O)=C(S[C@@H]3CN[C@H](C(O)CC(=O)N[C@H]4CCN(N=C(N)N)C4)C3)[C@H](C)[C@H]12. The summed E-state index contributed by atoms with van der Waals surface area (Å²) in [5, 5.41) is 42.3.